The Kier molecular flexibility index (Phi) is 4.97. The molecular formula is C17H17ClN4O3S. The van der Waals surface area contributed by atoms with Crippen LogP contribution < -0.4 is 5.73 Å². The molecule has 7 nitrogen and oxygen atoms in total. The number of hydrogen-bond donors (Lipinski definition) is 1. The number of rotatable bonds is 3. The van der Waals surface area contributed by atoms with Crippen molar-refractivity contribution in [2.24, 2.45) is 0 Å². The number of sulfone groups is 1. The lowest BCUT2D eigenvalue weighted by atomic mass is 10.0. The molecule has 26 heavy (non-hydrogen) atoms. The molecule has 0 aliphatic carbocycles. The zero-order valence-electron chi connectivity index (χ0n) is 13.8. The van der Waals surface area contributed by atoms with Gasteiger partial charge in [-0.2, -0.15) is 0 Å². The molecule has 3 rings (SSSR count). The van der Waals surface area contributed by atoms with Crippen LogP contribution in [0.5, 0.6) is 0 Å². The number of carbonyl (C=O) groups is 1. The maximum absolute atomic E-state index is 12.2. The molecule has 1 unspecified atom stereocenters. The summed E-state index contributed by atoms with van der Waals surface area (Å²) in [6, 6.07) is 5.95. The van der Waals surface area contributed by atoms with Gasteiger partial charge in [0.2, 0.25) is 5.91 Å². The van der Waals surface area contributed by atoms with Gasteiger partial charge < -0.3 is 10.6 Å². The average molecular weight is 393 g/mol. The zero-order valence-corrected chi connectivity index (χ0v) is 15.4. The number of aromatic nitrogens is 2. The Labute approximate surface area is 156 Å². The summed E-state index contributed by atoms with van der Waals surface area (Å²) in [5.74, 6) is 0.0970. The molecule has 1 amide bonds. The van der Waals surface area contributed by atoms with E-state index in [4.69, 9.17) is 17.3 Å². The smallest absolute Gasteiger partial charge is 0.246 e. The highest BCUT2D eigenvalue weighted by molar-refractivity contribution is 7.91. The monoisotopic (exact) mass is 392 g/mol. The third-order valence-electron chi connectivity index (χ3n) is 4.13. The fourth-order valence-corrected chi connectivity index (χ4v) is 4.65. The molecule has 1 aliphatic rings. The van der Waals surface area contributed by atoms with Gasteiger partial charge in [-0.15, -0.1) is 0 Å². The van der Waals surface area contributed by atoms with E-state index in [-0.39, 0.29) is 24.0 Å². The Bertz CT molecular complexity index is 978. The van der Waals surface area contributed by atoms with Crippen LogP contribution in [-0.4, -0.2) is 47.2 Å². The molecule has 136 valence electrons. The van der Waals surface area contributed by atoms with E-state index < -0.39 is 15.9 Å². The number of nitrogens with two attached hydrogens (primary N) is 1. The summed E-state index contributed by atoms with van der Waals surface area (Å²) in [5.41, 5.74) is 6.89. The summed E-state index contributed by atoms with van der Waals surface area (Å²) < 4.78 is 24.3. The molecule has 0 spiro atoms. The maximum atomic E-state index is 12.2. The normalized spacial score (nSPS) is 19.1. The minimum atomic E-state index is -3.27. The fourth-order valence-electron chi connectivity index (χ4n) is 2.91. The van der Waals surface area contributed by atoms with Crippen LogP contribution in [0.3, 0.4) is 0 Å². The van der Waals surface area contributed by atoms with Crippen molar-refractivity contribution in [3.63, 3.8) is 0 Å². The SMILES string of the molecule is C=CC(=O)N1CCS(=O)(=O)CC1c1cc(Cl)cc(-c2nccc(N)n2)c1. The summed E-state index contributed by atoms with van der Waals surface area (Å²) in [6.45, 7) is 3.60. The number of nitrogens with zero attached hydrogens (tertiary/aromatic N) is 3. The molecule has 1 aliphatic heterocycles. The molecule has 0 saturated carbocycles. The first kappa shape index (κ1) is 18.3. The Hall–Kier alpha value is -2.45. The van der Waals surface area contributed by atoms with Crippen LogP contribution in [0, 0.1) is 0 Å². The van der Waals surface area contributed by atoms with E-state index in [0.717, 1.165) is 0 Å². The Morgan fingerprint density at radius 2 is 2.15 bits per heavy atom. The van der Waals surface area contributed by atoms with Gasteiger partial charge in [-0.1, -0.05) is 18.2 Å². The van der Waals surface area contributed by atoms with Gasteiger partial charge in [0.05, 0.1) is 17.5 Å². The number of halogens is 1. The molecule has 2 aromatic rings. The van der Waals surface area contributed by atoms with Crippen molar-refractivity contribution < 1.29 is 13.2 Å². The Morgan fingerprint density at radius 3 is 2.85 bits per heavy atom. The molecule has 1 saturated heterocycles. The first-order valence-electron chi connectivity index (χ1n) is 7.82. The standard InChI is InChI=1S/C17H17ClN4O3S/c1-2-16(23)22-5-6-26(24,25)10-14(22)11-7-12(9-13(18)8-11)17-20-4-3-15(19)21-17/h2-4,7-9,14H,1,5-6,10H2,(H2,19,20,21). The van der Waals surface area contributed by atoms with Crippen LogP contribution in [0.25, 0.3) is 11.4 Å². The topological polar surface area (TPSA) is 106 Å². The second kappa shape index (κ2) is 7.05. The predicted octanol–water partition coefficient (Wildman–Crippen LogP) is 1.86. The molecule has 2 heterocycles. The van der Waals surface area contributed by atoms with Crippen molar-refractivity contribution in [2.45, 2.75) is 6.04 Å². The fraction of sp³-hybridized carbons (Fsp3) is 0.235. The second-order valence-corrected chi connectivity index (χ2v) is 8.61. The molecule has 1 aromatic carbocycles. The van der Waals surface area contributed by atoms with E-state index in [1.165, 1.54) is 17.2 Å². The van der Waals surface area contributed by atoms with Gasteiger partial charge in [0.25, 0.3) is 0 Å². The number of benzene rings is 1. The van der Waals surface area contributed by atoms with Crippen LogP contribution in [0.15, 0.2) is 43.1 Å². The van der Waals surface area contributed by atoms with Crippen molar-refractivity contribution in [3.8, 4) is 11.4 Å². The Balaban J connectivity index is 2.08. The van der Waals surface area contributed by atoms with Crippen molar-refractivity contribution >= 4 is 33.2 Å². The van der Waals surface area contributed by atoms with Crippen LogP contribution in [0.1, 0.15) is 11.6 Å². The lowest BCUT2D eigenvalue weighted by Gasteiger charge is -2.35. The largest absolute Gasteiger partial charge is 0.384 e. The molecule has 1 aromatic heterocycles. The number of amides is 1. The molecule has 9 heteroatoms. The molecule has 1 fully saturated rings. The van der Waals surface area contributed by atoms with Crippen LogP contribution in [0.4, 0.5) is 5.82 Å². The van der Waals surface area contributed by atoms with Crippen molar-refractivity contribution in [2.75, 3.05) is 23.8 Å². The van der Waals surface area contributed by atoms with E-state index in [9.17, 15) is 13.2 Å². The van der Waals surface area contributed by atoms with Crippen molar-refractivity contribution in [3.05, 3.63) is 53.7 Å². The average Bonchev–Trinajstić information content (AvgIpc) is 2.60. The van der Waals surface area contributed by atoms with Crippen molar-refractivity contribution in [1.29, 1.82) is 0 Å². The molecular weight excluding hydrogens is 376 g/mol. The van der Waals surface area contributed by atoms with Crippen molar-refractivity contribution in [1.82, 2.24) is 14.9 Å². The number of anilines is 1. The predicted molar refractivity (Wildman–Crippen MR) is 100 cm³/mol. The molecule has 2 N–H and O–H groups in total. The van der Waals surface area contributed by atoms with E-state index in [2.05, 4.69) is 16.5 Å². The van der Waals surface area contributed by atoms with E-state index >= 15 is 0 Å². The lowest BCUT2D eigenvalue weighted by Crippen LogP contribution is -2.45. The minimum Gasteiger partial charge on any atom is -0.384 e. The first-order chi connectivity index (χ1) is 12.3. The van der Waals surface area contributed by atoms with Gasteiger partial charge in [-0.25, -0.2) is 18.4 Å². The van der Waals surface area contributed by atoms with Gasteiger partial charge >= 0.3 is 0 Å². The second-order valence-electron chi connectivity index (χ2n) is 5.94. The van der Waals surface area contributed by atoms with Crippen LogP contribution in [-0.2, 0) is 14.6 Å². The lowest BCUT2D eigenvalue weighted by molar-refractivity contribution is -0.127. The number of nitrogen functional groups attached to an aromatic ring is 1. The quantitative estimate of drug-likeness (QED) is 0.799. The minimum absolute atomic E-state index is 0.0746. The summed E-state index contributed by atoms with van der Waals surface area (Å²) in [5, 5.41) is 0.387. The van der Waals surface area contributed by atoms with Gasteiger partial charge in [0.15, 0.2) is 15.7 Å². The van der Waals surface area contributed by atoms with Gasteiger partial charge in [-0.05, 0) is 35.9 Å². The van der Waals surface area contributed by atoms with E-state index in [1.54, 1.807) is 24.3 Å². The third-order valence-corrected chi connectivity index (χ3v) is 5.98. The molecule has 0 bridgehead atoms. The van der Waals surface area contributed by atoms with Gasteiger partial charge in [0.1, 0.15) is 5.82 Å². The highest BCUT2D eigenvalue weighted by atomic mass is 35.5. The molecule has 0 radical (unpaired) electrons. The van der Waals surface area contributed by atoms with Gasteiger partial charge in [-0.3, -0.25) is 4.79 Å². The number of hydrogen-bond acceptors (Lipinski definition) is 6. The maximum Gasteiger partial charge on any atom is 0.246 e. The highest BCUT2D eigenvalue weighted by Gasteiger charge is 2.34. The summed E-state index contributed by atoms with van der Waals surface area (Å²) >= 11 is 6.23. The third kappa shape index (κ3) is 3.86. The highest BCUT2D eigenvalue weighted by Crippen LogP contribution is 2.32. The first-order valence-corrected chi connectivity index (χ1v) is 10.0. The summed E-state index contributed by atoms with van der Waals surface area (Å²) in [7, 11) is -3.27. The zero-order chi connectivity index (χ0) is 18.9. The summed E-state index contributed by atoms with van der Waals surface area (Å²) in [4.78, 5) is 22.0. The van der Waals surface area contributed by atoms with Crippen LogP contribution in [0.2, 0.25) is 5.02 Å². The summed E-state index contributed by atoms with van der Waals surface area (Å²) in [6.07, 6.45) is 2.70. The van der Waals surface area contributed by atoms with E-state index in [1.807, 2.05) is 0 Å². The molecule has 1 atom stereocenters. The van der Waals surface area contributed by atoms with Gasteiger partial charge in [0, 0.05) is 23.3 Å². The van der Waals surface area contributed by atoms with E-state index in [0.29, 0.717) is 27.8 Å². The number of carbonyl (C=O) groups excluding carboxylic acids is 1. The van der Waals surface area contributed by atoms with Crippen LogP contribution >= 0.6 is 11.6 Å². The Morgan fingerprint density at radius 1 is 1.38 bits per heavy atom.